The van der Waals surface area contributed by atoms with Gasteiger partial charge in [0.25, 0.3) is 5.56 Å². The maximum Gasteiger partial charge on any atom is 0.327 e. The average molecular weight is 391 g/mol. The van der Waals surface area contributed by atoms with Crippen molar-refractivity contribution in [2.45, 2.75) is 25.2 Å². The number of aromatic nitrogens is 2. The number of methoxy groups -OCH3 is 1. The summed E-state index contributed by atoms with van der Waals surface area (Å²) in [4.78, 5) is 31.9. The summed E-state index contributed by atoms with van der Waals surface area (Å²) < 4.78 is 5.24. The Labute approximate surface area is 169 Å². The number of nitrogens with zero attached hydrogens (tertiary/aromatic N) is 1. The molecule has 2 heterocycles. The number of anilines is 1. The molecule has 0 amide bonds. The van der Waals surface area contributed by atoms with E-state index in [2.05, 4.69) is 27.0 Å². The first-order chi connectivity index (χ1) is 14.1. The standard InChI is InChI=1S/C23H25N3O3/c1-29-19-9-7-17(8-10-19)18-11-13-26(14-12-18)21-20(22(27)25-23(28)24-21)15-16-5-3-2-4-6-16/h2-10,18H,11-15H2,1H3,(H2,24,25,27,28). The summed E-state index contributed by atoms with van der Waals surface area (Å²) in [6.45, 7) is 1.58. The highest BCUT2D eigenvalue weighted by Gasteiger charge is 2.24. The lowest BCUT2D eigenvalue weighted by Gasteiger charge is -2.34. The van der Waals surface area contributed by atoms with Crippen LogP contribution in [0.3, 0.4) is 0 Å². The van der Waals surface area contributed by atoms with E-state index >= 15 is 0 Å². The van der Waals surface area contributed by atoms with Crippen molar-refractivity contribution in [3.05, 3.63) is 92.1 Å². The molecule has 3 aromatic rings. The zero-order valence-electron chi connectivity index (χ0n) is 16.5. The number of piperidine rings is 1. The highest BCUT2D eigenvalue weighted by atomic mass is 16.5. The van der Waals surface area contributed by atoms with E-state index in [9.17, 15) is 9.59 Å². The first-order valence-corrected chi connectivity index (χ1v) is 9.92. The van der Waals surface area contributed by atoms with Gasteiger partial charge < -0.3 is 9.64 Å². The van der Waals surface area contributed by atoms with Crippen molar-refractivity contribution in [2.24, 2.45) is 0 Å². The van der Waals surface area contributed by atoms with Gasteiger partial charge in [0.15, 0.2) is 0 Å². The van der Waals surface area contributed by atoms with Gasteiger partial charge in [-0.1, -0.05) is 42.5 Å². The summed E-state index contributed by atoms with van der Waals surface area (Å²) in [5, 5.41) is 0. The van der Waals surface area contributed by atoms with E-state index in [1.165, 1.54) is 5.56 Å². The van der Waals surface area contributed by atoms with Crippen molar-refractivity contribution in [3.8, 4) is 5.75 Å². The Bertz CT molecular complexity index is 1060. The van der Waals surface area contributed by atoms with Crippen LogP contribution in [0.15, 0.2) is 64.2 Å². The molecule has 150 valence electrons. The molecule has 6 heteroatoms. The van der Waals surface area contributed by atoms with E-state index in [-0.39, 0.29) is 5.56 Å². The zero-order valence-corrected chi connectivity index (χ0v) is 16.5. The van der Waals surface area contributed by atoms with Gasteiger partial charge in [-0.25, -0.2) is 4.79 Å². The fraction of sp³-hybridized carbons (Fsp3) is 0.304. The summed E-state index contributed by atoms with van der Waals surface area (Å²) >= 11 is 0. The Morgan fingerprint density at radius 1 is 0.966 bits per heavy atom. The number of nitrogens with one attached hydrogen (secondary N) is 2. The van der Waals surface area contributed by atoms with Crippen LogP contribution >= 0.6 is 0 Å². The fourth-order valence-corrected chi connectivity index (χ4v) is 4.05. The lowest BCUT2D eigenvalue weighted by atomic mass is 9.89. The molecule has 0 spiro atoms. The van der Waals surface area contributed by atoms with Gasteiger partial charge in [-0.3, -0.25) is 14.8 Å². The number of aromatic amines is 2. The smallest absolute Gasteiger partial charge is 0.327 e. The molecule has 2 aromatic carbocycles. The van der Waals surface area contributed by atoms with Gasteiger partial charge in [0.2, 0.25) is 0 Å². The number of benzene rings is 2. The van der Waals surface area contributed by atoms with Crippen LogP contribution < -0.4 is 20.9 Å². The molecule has 2 N–H and O–H groups in total. The molecule has 1 fully saturated rings. The molecule has 1 aromatic heterocycles. The number of rotatable bonds is 5. The van der Waals surface area contributed by atoms with E-state index in [1.54, 1.807) is 7.11 Å². The molecule has 1 aliphatic rings. The molecular weight excluding hydrogens is 366 g/mol. The van der Waals surface area contributed by atoms with Crippen molar-refractivity contribution in [1.29, 1.82) is 0 Å². The lowest BCUT2D eigenvalue weighted by Crippen LogP contribution is -2.38. The molecule has 0 radical (unpaired) electrons. The second-order valence-electron chi connectivity index (χ2n) is 7.43. The van der Waals surface area contributed by atoms with Crippen LogP contribution in [0.5, 0.6) is 5.75 Å². The van der Waals surface area contributed by atoms with Crippen molar-refractivity contribution in [3.63, 3.8) is 0 Å². The molecule has 29 heavy (non-hydrogen) atoms. The first kappa shape index (κ1) is 19.1. The van der Waals surface area contributed by atoms with E-state index in [0.29, 0.717) is 23.7 Å². The van der Waals surface area contributed by atoms with Gasteiger partial charge in [0, 0.05) is 19.5 Å². The normalized spacial score (nSPS) is 14.7. The van der Waals surface area contributed by atoms with Crippen LogP contribution in [0.4, 0.5) is 5.82 Å². The number of hydrogen-bond donors (Lipinski definition) is 2. The van der Waals surface area contributed by atoms with Crippen molar-refractivity contribution >= 4 is 5.82 Å². The Morgan fingerprint density at radius 3 is 2.31 bits per heavy atom. The molecule has 0 atom stereocenters. The van der Waals surface area contributed by atoms with Crippen LogP contribution in [-0.4, -0.2) is 30.2 Å². The maximum atomic E-state index is 12.5. The predicted octanol–water partition coefficient (Wildman–Crippen LogP) is 3.05. The van der Waals surface area contributed by atoms with Crippen molar-refractivity contribution < 1.29 is 4.74 Å². The maximum absolute atomic E-state index is 12.5. The quantitative estimate of drug-likeness (QED) is 0.701. The monoisotopic (exact) mass is 391 g/mol. The molecule has 4 rings (SSSR count). The van der Waals surface area contributed by atoms with Gasteiger partial charge in [-0.15, -0.1) is 0 Å². The number of H-pyrrole nitrogens is 2. The Balaban J connectivity index is 1.54. The summed E-state index contributed by atoms with van der Waals surface area (Å²) in [5.74, 6) is 1.97. The molecule has 1 aliphatic heterocycles. The van der Waals surface area contributed by atoms with Crippen molar-refractivity contribution in [2.75, 3.05) is 25.1 Å². The lowest BCUT2D eigenvalue weighted by molar-refractivity contribution is 0.414. The van der Waals surface area contributed by atoms with E-state index < -0.39 is 5.69 Å². The molecule has 0 aliphatic carbocycles. The Kier molecular flexibility index (Phi) is 5.51. The highest BCUT2D eigenvalue weighted by Crippen LogP contribution is 2.31. The molecule has 0 bridgehead atoms. The van der Waals surface area contributed by atoms with E-state index in [1.807, 2.05) is 42.5 Å². The summed E-state index contributed by atoms with van der Waals surface area (Å²) in [5.41, 5.74) is 2.18. The third kappa shape index (κ3) is 4.26. The summed E-state index contributed by atoms with van der Waals surface area (Å²) in [6.07, 6.45) is 2.42. The van der Waals surface area contributed by atoms with Crippen LogP contribution in [0, 0.1) is 0 Å². The first-order valence-electron chi connectivity index (χ1n) is 9.92. The highest BCUT2D eigenvalue weighted by molar-refractivity contribution is 5.48. The topological polar surface area (TPSA) is 78.2 Å². The fourth-order valence-electron chi connectivity index (χ4n) is 4.05. The minimum Gasteiger partial charge on any atom is -0.497 e. The second kappa shape index (κ2) is 8.39. The molecular formula is C23H25N3O3. The van der Waals surface area contributed by atoms with E-state index in [0.717, 1.165) is 37.2 Å². The SMILES string of the molecule is COc1ccc(C2CCN(c3[nH]c(=O)[nH]c(=O)c3Cc3ccccc3)CC2)cc1. The molecule has 1 saturated heterocycles. The molecule has 6 nitrogen and oxygen atoms in total. The van der Waals surface area contributed by atoms with Gasteiger partial charge >= 0.3 is 5.69 Å². The van der Waals surface area contributed by atoms with Gasteiger partial charge in [-0.05, 0) is 42.0 Å². The largest absolute Gasteiger partial charge is 0.497 e. The second-order valence-corrected chi connectivity index (χ2v) is 7.43. The minimum absolute atomic E-state index is 0.315. The van der Waals surface area contributed by atoms with Gasteiger partial charge in [0.05, 0.1) is 12.7 Å². The Morgan fingerprint density at radius 2 is 1.66 bits per heavy atom. The van der Waals surface area contributed by atoms with Crippen LogP contribution in [0.2, 0.25) is 0 Å². The third-order valence-corrected chi connectivity index (χ3v) is 5.64. The van der Waals surface area contributed by atoms with Gasteiger partial charge in [-0.2, -0.15) is 0 Å². The number of ether oxygens (including phenoxy) is 1. The minimum atomic E-state index is -0.459. The zero-order chi connectivity index (χ0) is 20.2. The number of hydrogen-bond acceptors (Lipinski definition) is 4. The van der Waals surface area contributed by atoms with Gasteiger partial charge in [0.1, 0.15) is 11.6 Å². The van der Waals surface area contributed by atoms with Crippen LogP contribution in [0.1, 0.15) is 35.4 Å². The van der Waals surface area contributed by atoms with Crippen molar-refractivity contribution in [1.82, 2.24) is 9.97 Å². The molecule has 0 unspecified atom stereocenters. The van der Waals surface area contributed by atoms with Crippen LogP contribution in [-0.2, 0) is 6.42 Å². The van der Waals surface area contributed by atoms with Crippen LogP contribution in [0.25, 0.3) is 0 Å². The average Bonchev–Trinajstić information content (AvgIpc) is 2.76. The summed E-state index contributed by atoms with van der Waals surface area (Å²) in [7, 11) is 1.67. The van der Waals surface area contributed by atoms with E-state index in [4.69, 9.17) is 4.74 Å². The molecule has 0 saturated carbocycles. The Hall–Kier alpha value is -3.28. The third-order valence-electron chi connectivity index (χ3n) is 5.64. The predicted molar refractivity (Wildman–Crippen MR) is 114 cm³/mol. The summed E-state index contributed by atoms with van der Waals surface area (Å²) in [6, 6.07) is 18.1.